The van der Waals surface area contributed by atoms with Gasteiger partial charge >= 0.3 is 0 Å². The van der Waals surface area contributed by atoms with E-state index < -0.39 is 0 Å². The molecule has 1 aliphatic rings. The van der Waals surface area contributed by atoms with Crippen LogP contribution in [0, 0.1) is 0 Å². The van der Waals surface area contributed by atoms with Crippen molar-refractivity contribution in [3.8, 4) is 11.1 Å². The Labute approximate surface area is 126 Å². The van der Waals surface area contributed by atoms with E-state index in [2.05, 4.69) is 18.2 Å². The van der Waals surface area contributed by atoms with Crippen LogP contribution in [0.3, 0.4) is 0 Å². The minimum absolute atomic E-state index is 0.239. The van der Waals surface area contributed by atoms with Crippen LogP contribution in [0.5, 0.6) is 0 Å². The van der Waals surface area contributed by atoms with Crippen molar-refractivity contribution < 1.29 is 4.79 Å². The number of rotatable bonds is 4. The molecule has 0 N–H and O–H groups in total. The average Bonchev–Trinajstić information content (AvgIpc) is 2.57. The van der Waals surface area contributed by atoms with Crippen molar-refractivity contribution in [1.29, 1.82) is 0 Å². The third-order valence-corrected chi connectivity index (χ3v) is 4.09. The van der Waals surface area contributed by atoms with Gasteiger partial charge in [0.1, 0.15) is 0 Å². The van der Waals surface area contributed by atoms with Crippen LogP contribution >= 0.6 is 0 Å². The number of benzene rings is 2. The zero-order chi connectivity index (χ0) is 14.5. The Hall–Kier alpha value is -2.15. The molecule has 106 valence electrons. The summed E-state index contributed by atoms with van der Waals surface area (Å²) in [6.45, 7) is 0. The molecule has 2 aromatic carbocycles. The average molecular weight is 276 g/mol. The van der Waals surface area contributed by atoms with E-state index in [1.807, 2.05) is 42.5 Å². The van der Waals surface area contributed by atoms with Crippen molar-refractivity contribution >= 4 is 5.78 Å². The molecule has 1 nitrogen and oxygen atoms in total. The number of hydrogen-bond donors (Lipinski definition) is 0. The maximum absolute atomic E-state index is 12.3. The molecule has 1 heteroatoms. The first-order valence-corrected chi connectivity index (χ1v) is 7.69. The molecule has 0 saturated heterocycles. The second kappa shape index (κ2) is 6.53. The highest BCUT2D eigenvalue weighted by molar-refractivity contribution is 5.97. The maximum atomic E-state index is 12.3. The van der Waals surface area contributed by atoms with Crippen molar-refractivity contribution in [2.75, 3.05) is 0 Å². The number of hydrogen-bond acceptors (Lipinski definition) is 1. The number of carbonyl (C=O) groups excluding carboxylic acids is 1. The van der Waals surface area contributed by atoms with Gasteiger partial charge in [-0.3, -0.25) is 4.79 Å². The molecule has 1 aliphatic carbocycles. The van der Waals surface area contributed by atoms with Gasteiger partial charge in [-0.25, -0.2) is 0 Å². The van der Waals surface area contributed by atoms with Crippen molar-refractivity contribution in [2.45, 2.75) is 32.1 Å². The van der Waals surface area contributed by atoms with Gasteiger partial charge in [0.05, 0.1) is 0 Å². The van der Waals surface area contributed by atoms with Crippen molar-refractivity contribution in [3.05, 3.63) is 71.8 Å². The van der Waals surface area contributed by atoms with Crippen LogP contribution < -0.4 is 0 Å². The molecular formula is C20H20O. The molecule has 0 fully saturated rings. The Morgan fingerprint density at radius 3 is 2.24 bits per heavy atom. The molecule has 3 rings (SSSR count). The lowest BCUT2D eigenvalue weighted by Crippen LogP contribution is -2.03. The van der Waals surface area contributed by atoms with Crippen LogP contribution in [0.4, 0.5) is 0 Å². The van der Waals surface area contributed by atoms with Crippen LogP contribution in [0.25, 0.3) is 11.1 Å². The first-order chi connectivity index (χ1) is 10.3. The first-order valence-electron chi connectivity index (χ1n) is 7.69. The number of carbonyl (C=O) groups is 1. The van der Waals surface area contributed by atoms with Crippen molar-refractivity contribution in [2.24, 2.45) is 0 Å². The fourth-order valence-electron chi connectivity index (χ4n) is 2.85. The van der Waals surface area contributed by atoms with Gasteiger partial charge in [0.15, 0.2) is 5.78 Å². The highest BCUT2D eigenvalue weighted by atomic mass is 16.1. The predicted octanol–water partition coefficient (Wildman–Crippen LogP) is 5.43. The SMILES string of the molecule is O=C(CC1=CCCCC1)c1ccc(-c2ccccc2)cc1. The monoisotopic (exact) mass is 276 g/mol. The molecule has 21 heavy (non-hydrogen) atoms. The van der Waals surface area contributed by atoms with E-state index in [4.69, 9.17) is 0 Å². The van der Waals surface area contributed by atoms with E-state index in [-0.39, 0.29) is 5.78 Å². The van der Waals surface area contributed by atoms with E-state index in [1.165, 1.54) is 24.0 Å². The van der Waals surface area contributed by atoms with Crippen molar-refractivity contribution in [3.63, 3.8) is 0 Å². The molecule has 0 unspecified atom stereocenters. The second-order valence-corrected chi connectivity index (χ2v) is 5.65. The van der Waals surface area contributed by atoms with Crippen LogP contribution in [0.2, 0.25) is 0 Å². The van der Waals surface area contributed by atoms with E-state index >= 15 is 0 Å². The molecule has 0 atom stereocenters. The largest absolute Gasteiger partial charge is 0.294 e. The lowest BCUT2D eigenvalue weighted by molar-refractivity contribution is 0.0991. The third kappa shape index (κ3) is 3.49. The minimum atomic E-state index is 0.239. The molecule has 0 saturated carbocycles. The van der Waals surface area contributed by atoms with Gasteiger partial charge in [-0.2, -0.15) is 0 Å². The topological polar surface area (TPSA) is 17.1 Å². The van der Waals surface area contributed by atoms with Crippen LogP contribution in [-0.2, 0) is 0 Å². The van der Waals surface area contributed by atoms with Crippen LogP contribution in [0.15, 0.2) is 66.2 Å². The predicted molar refractivity (Wildman–Crippen MR) is 87.4 cm³/mol. The van der Waals surface area contributed by atoms with Gasteiger partial charge < -0.3 is 0 Å². The zero-order valence-electron chi connectivity index (χ0n) is 12.2. The van der Waals surface area contributed by atoms with Gasteiger partial charge in [0, 0.05) is 12.0 Å². The number of Topliss-reactive ketones (excluding diaryl/α,β-unsaturated/α-hetero) is 1. The van der Waals surface area contributed by atoms with Crippen LogP contribution in [0.1, 0.15) is 42.5 Å². The standard InChI is InChI=1S/C20H20O/c21-20(15-16-7-3-1-4-8-16)19-13-11-18(12-14-19)17-9-5-2-6-10-17/h2,5-7,9-14H,1,3-4,8,15H2. The molecule has 0 amide bonds. The minimum Gasteiger partial charge on any atom is -0.294 e. The van der Waals surface area contributed by atoms with Gasteiger partial charge in [-0.05, 0) is 36.8 Å². The summed E-state index contributed by atoms with van der Waals surface area (Å²) in [5, 5.41) is 0. The van der Waals surface area contributed by atoms with Gasteiger partial charge in [-0.1, -0.05) is 66.2 Å². The Bertz CT molecular complexity index is 635. The van der Waals surface area contributed by atoms with Gasteiger partial charge in [0.2, 0.25) is 0 Å². The molecule has 0 spiro atoms. The highest BCUT2D eigenvalue weighted by Crippen LogP contribution is 2.23. The maximum Gasteiger partial charge on any atom is 0.166 e. The summed E-state index contributed by atoms with van der Waals surface area (Å²) >= 11 is 0. The summed E-state index contributed by atoms with van der Waals surface area (Å²) in [4.78, 5) is 12.3. The Kier molecular flexibility index (Phi) is 4.30. The first kappa shape index (κ1) is 13.8. The second-order valence-electron chi connectivity index (χ2n) is 5.65. The molecule has 0 radical (unpaired) electrons. The molecule has 0 heterocycles. The number of ketones is 1. The summed E-state index contributed by atoms with van der Waals surface area (Å²) in [5.74, 6) is 0.239. The van der Waals surface area contributed by atoms with Gasteiger partial charge in [-0.15, -0.1) is 0 Å². The lowest BCUT2D eigenvalue weighted by Gasteiger charge is -2.12. The smallest absolute Gasteiger partial charge is 0.166 e. The van der Waals surface area contributed by atoms with E-state index in [1.54, 1.807) is 0 Å². The molecule has 0 aliphatic heterocycles. The highest BCUT2D eigenvalue weighted by Gasteiger charge is 2.11. The molecule has 0 aromatic heterocycles. The third-order valence-electron chi connectivity index (χ3n) is 4.09. The Morgan fingerprint density at radius 1 is 0.857 bits per heavy atom. The Morgan fingerprint density at radius 2 is 1.57 bits per heavy atom. The molecule has 2 aromatic rings. The fourth-order valence-corrected chi connectivity index (χ4v) is 2.85. The Balaban J connectivity index is 1.72. The van der Waals surface area contributed by atoms with Crippen LogP contribution in [-0.4, -0.2) is 5.78 Å². The fraction of sp³-hybridized carbons (Fsp3) is 0.250. The van der Waals surface area contributed by atoms with Gasteiger partial charge in [0.25, 0.3) is 0 Å². The zero-order valence-corrected chi connectivity index (χ0v) is 12.2. The summed E-state index contributed by atoms with van der Waals surface area (Å²) in [6, 6.07) is 18.2. The summed E-state index contributed by atoms with van der Waals surface area (Å²) in [5.41, 5.74) is 4.48. The normalized spacial score (nSPS) is 14.6. The van der Waals surface area contributed by atoms with Crippen molar-refractivity contribution in [1.82, 2.24) is 0 Å². The summed E-state index contributed by atoms with van der Waals surface area (Å²) in [7, 11) is 0. The summed E-state index contributed by atoms with van der Waals surface area (Å²) < 4.78 is 0. The molecule has 0 bridgehead atoms. The lowest BCUT2D eigenvalue weighted by atomic mass is 9.93. The number of allylic oxidation sites excluding steroid dienone is 2. The van der Waals surface area contributed by atoms with E-state index in [0.29, 0.717) is 6.42 Å². The van der Waals surface area contributed by atoms with E-state index in [0.717, 1.165) is 24.0 Å². The summed E-state index contributed by atoms with van der Waals surface area (Å²) in [6.07, 6.45) is 7.56. The van der Waals surface area contributed by atoms with E-state index in [9.17, 15) is 4.79 Å². The molecular weight excluding hydrogens is 256 g/mol. The quantitative estimate of drug-likeness (QED) is 0.537.